The van der Waals surface area contributed by atoms with Gasteiger partial charge in [0.2, 0.25) is 17.8 Å². The number of nitrogens with zero attached hydrogens (tertiary/aromatic N) is 5. The number of anilines is 3. The zero-order valence-corrected chi connectivity index (χ0v) is 17.4. The first-order chi connectivity index (χ1) is 15.0. The van der Waals surface area contributed by atoms with Crippen molar-refractivity contribution in [2.45, 2.75) is 51.4 Å². The summed E-state index contributed by atoms with van der Waals surface area (Å²) in [4.78, 5) is 18.4. The molecule has 3 heterocycles. The van der Waals surface area contributed by atoms with Gasteiger partial charge in [0.15, 0.2) is 0 Å². The van der Waals surface area contributed by atoms with Crippen molar-refractivity contribution in [3.63, 3.8) is 0 Å². The molecule has 7 nitrogen and oxygen atoms in total. The maximum Gasteiger partial charge on any atom is 0.573 e. The Kier molecular flexibility index (Phi) is 6.62. The fourth-order valence-electron chi connectivity index (χ4n) is 3.89. The third-order valence-electron chi connectivity index (χ3n) is 5.50. The van der Waals surface area contributed by atoms with Crippen molar-refractivity contribution >= 4 is 17.8 Å². The van der Waals surface area contributed by atoms with E-state index in [0.717, 1.165) is 57.4 Å². The van der Waals surface area contributed by atoms with Gasteiger partial charge in [-0.1, -0.05) is 12.1 Å². The third kappa shape index (κ3) is 6.11. The second-order valence-electron chi connectivity index (χ2n) is 7.90. The molecule has 2 saturated heterocycles. The molecule has 2 aliphatic heterocycles. The summed E-state index contributed by atoms with van der Waals surface area (Å²) in [6.07, 6.45) is 2.25. The van der Waals surface area contributed by atoms with Gasteiger partial charge in [0.05, 0.1) is 0 Å². The number of nitrogens with one attached hydrogen (secondary N) is 1. The summed E-state index contributed by atoms with van der Waals surface area (Å²) in [5.74, 6) is 1.61. The van der Waals surface area contributed by atoms with Gasteiger partial charge in [-0.2, -0.15) is 15.0 Å². The molecule has 4 rings (SSSR count). The van der Waals surface area contributed by atoms with Crippen molar-refractivity contribution in [2.75, 3.05) is 41.3 Å². The first-order valence-electron chi connectivity index (χ1n) is 10.8. The van der Waals surface area contributed by atoms with Crippen LogP contribution < -0.4 is 19.9 Å². The maximum atomic E-state index is 12.3. The van der Waals surface area contributed by atoms with Crippen LogP contribution in [0.4, 0.5) is 31.0 Å². The molecular weight excluding hydrogens is 409 g/mol. The Morgan fingerprint density at radius 2 is 1.29 bits per heavy atom. The smallest absolute Gasteiger partial charge is 0.406 e. The van der Waals surface area contributed by atoms with Crippen LogP contribution in [-0.4, -0.2) is 47.5 Å². The molecule has 31 heavy (non-hydrogen) atoms. The minimum Gasteiger partial charge on any atom is -0.406 e. The van der Waals surface area contributed by atoms with Crippen molar-refractivity contribution in [2.24, 2.45) is 0 Å². The number of benzene rings is 1. The molecule has 0 amide bonds. The summed E-state index contributed by atoms with van der Waals surface area (Å²) in [7, 11) is 0. The number of piperidine rings is 2. The minimum atomic E-state index is -4.69. The van der Waals surface area contributed by atoms with Crippen LogP contribution in [0.15, 0.2) is 24.3 Å². The number of hydrogen-bond acceptors (Lipinski definition) is 7. The maximum absolute atomic E-state index is 12.3. The molecule has 1 N–H and O–H groups in total. The van der Waals surface area contributed by atoms with Crippen LogP contribution in [-0.2, 0) is 6.54 Å². The highest BCUT2D eigenvalue weighted by atomic mass is 19.4. The fourth-order valence-corrected chi connectivity index (χ4v) is 3.89. The van der Waals surface area contributed by atoms with Crippen LogP contribution in [0.1, 0.15) is 44.1 Å². The van der Waals surface area contributed by atoms with Crippen LogP contribution in [0, 0.1) is 0 Å². The van der Waals surface area contributed by atoms with E-state index in [0.29, 0.717) is 24.4 Å². The van der Waals surface area contributed by atoms with Crippen molar-refractivity contribution in [3.05, 3.63) is 29.8 Å². The Morgan fingerprint density at radius 1 is 0.774 bits per heavy atom. The molecule has 2 aliphatic rings. The van der Waals surface area contributed by atoms with Gasteiger partial charge in [0.25, 0.3) is 0 Å². The Balaban J connectivity index is 1.48. The zero-order valence-electron chi connectivity index (χ0n) is 17.4. The molecule has 2 fully saturated rings. The van der Waals surface area contributed by atoms with E-state index >= 15 is 0 Å². The SMILES string of the molecule is FC(F)(F)Oc1ccc(CNc2nc(N3CCCCC3)nc(N3CCCCC3)n2)cc1. The van der Waals surface area contributed by atoms with E-state index in [1.807, 2.05) is 0 Å². The average molecular weight is 436 g/mol. The predicted molar refractivity (Wildman–Crippen MR) is 112 cm³/mol. The van der Waals surface area contributed by atoms with Crippen molar-refractivity contribution in [1.29, 1.82) is 0 Å². The number of alkyl halides is 3. The molecule has 0 radical (unpaired) electrons. The molecule has 0 atom stereocenters. The Bertz CT molecular complexity index is 813. The summed E-state index contributed by atoms with van der Waals surface area (Å²) in [5, 5.41) is 3.21. The Morgan fingerprint density at radius 3 is 1.77 bits per heavy atom. The van der Waals surface area contributed by atoms with Gasteiger partial charge < -0.3 is 19.9 Å². The standard InChI is InChI=1S/C21H27F3N6O/c22-21(23,24)31-17-9-7-16(8-10-17)15-25-18-26-19(29-11-3-1-4-12-29)28-20(27-18)30-13-5-2-6-14-30/h7-10H,1-6,11-15H2,(H,25,26,27,28). The topological polar surface area (TPSA) is 66.4 Å². The summed E-state index contributed by atoms with van der Waals surface area (Å²) in [6, 6.07) is 5.78. The number of rotatable bonds is 6. The van der Waals surface area contributed by atoms with Crippen LogP contribution >= 0.6 is 0 Å². The van der Waals surface area contributed by atoms with Gasteiger partial charge in [0, 0.05) is 32.7 Å². The second-order valence-corrected chi connectivity index (χ2v) is 7.90. The van der Waals surface area contributed by atoms with E-state index in [9.17, 15) is 13.2 Å². The van der Waals surface area contributed by atoms with Gasteiger partial charge in [-0.05, 0) is 56.2 Å². The molecular formula is C21H27F3N6O. The van der Waals surface area contributed by atoms with E-state index in [1.54, 1.807) is 12.1 Å². The lowest BCUT2D eigenvalue weighted by molar-refractivity contribution is -0.274. The highest BCUT2D eigenvalue weighted by Crippen LogP contribution is 2.24. The summed E-state index contributed by atoms with van der Waals surface area (Å²) < 4.78 is 40.9. The molecule has 0 aliphatic carbocycles. The van der Waals surface area contributed by atoms with Crippen LogP contribution in [0.25, 0.3) is 0 Å². The van der Waals surface area contributed by atoms with Crippen molar-refractivity contribution in [1.82, 2.24) is 15.0 Å². The van der Waals surface area contributed by atoms with Crippen LogP contribution in [0.2, 0.25) is 0 Å². The lowest BCUT2D eigenvalue weighted by Crippen LogP contribution is -2.34. The van der Waals surface area contributed by atoms with Gasteiger partial charge in [-0.25, -0.2) is 0 Å². The van der Waals surface area contributed by atoms with Crippen molar-refractivity contribution < 1.29 is 17.9 Å². The number of ether oxygens (including phenoxy) is 1. The molecule has 0 spiro atoms. The van der Waals surface area contributed by atoms with Gasteiger partial charge >= 0.3 is 6.36 Å². The highest BCUT2D eigenvalue weighted by molar-refractivity contribution is 5.46. The lowest BCUT2D eigenvalue weighted by Gasteiger charge is -2.30. The fraction of sp³-hybridized carbons (Fsp3) is 0.571. The first-order valence-corrected chi connectivity index (χ1v) is 10.8. The molecule has 0 bridgehead atoms. The second kappa shape index (κ2) is 9.57. The Hall–Kier alpha value is -2.78. The minimum absolute atomic E-state index is 0.240. The molecule has 0 unspecified atom stereocenters. The molecule has 2 aromatic rings. The summed E-state index contributed by atoms with van der Waals surface area (Å²) in [5.41, 5.74) is 0.800. The zero-order chi connectivity index (χ0) is 21.7. The number of hydrogen-bond donors (Lipinski definition) is 1. The third-order valence-corrected chi connectivity index (χ3v) is 5.50. The van der Waals surface area contributed by atoms with Gasteiger partial charge in [0.1, 0.15) is 5.75 Å². The van der Waals surface area contributed by atoms with Gasteiger partial charge in [-0.15, -0.1) is 13.2 Å². The number of halogens is 3. The largest absolute Gasteiger partial charge is 0.573 e. The predicted octanol–water partition coefficient (Wildman–Crippen LogP) is 4.36. The van der Waals surface area contributed by atoms with E-state index in [1.165, 1.54) is 25.0 Å². The van der Waals surface area contributed by atoms with E-state index in [4.69, 9.17) is 4.98 Å². The number of aromatic nitrogens is 3. The quantitative estimate of drug-likeness (QED) is 0.722. The lowest BCUT2D eigenvalue weighted by atomic mass is 10.1. The Labute approximate surface area is 179 Å². The van der Waals surface area contributed by atoms with Crippen molar-refractivity contribution in [3.8, 4) is 5.75 Å². The van der Waals surface area contributed by atoms with Gasteiger partial charge in [-0.3, -0.25) is 0 Å². The molecule has 10 heteroatoms. The monoisotopic (exact) mass is 436 g/mol. The van der Waals surface area contributed by atoms with E-state index < -0.39 is 6.36 Å². The molecule has 1 aromatic carbocycles. The summed E-state index contributed by atoms with van der Waals surface area (Å²) in [6.45, 7) is 4.12. The van der Waals surface area contributed by atoms with Crippen LogP contribution in [0.3, 0.4) is 0 Å². The first kappa shape index (κ1) is 21.5. The highest BCUT2D eigenvalue weighted by Gasteiger charge is 2.31. The van der Waals surface area contributed by atoms with Crippen LogP contribution in [0.5, 0.6) is 5.75 Å². The molecule has 1 aromatic heterocycles. The average Bonchev–Trinajstić information content (AvgIpc) is 2.79. The normalized spacial score (nSPS) is 17.5. The summed E-state index contributed by atoms with van der Waals surface area (Å²) >= 11 is 0. The molecule has 0 saturated carbocycles. The van der Waals surface area contributed by atoms with E-state index in [-0.39, 0.29) is 5.75 Å². The molecule has 168 valence electrons. The van der Waals surface area contributed by atoms with E-state index in [2.05, 4.69) is 29.8 Å².